The summed E-state index contributed by atoms with van der Waals surface area (Å²) < 4.78 is 4.81. The topological polar surface area (TPSA) is 86.2 Å². The molecule has 0 saturated heterocycles. The lowest BCUT2D eigenvalue weighted by atomic mass is 10.1. The third-order valence-corrected chi connectivity index (χ3v) is 2.55. The summed E-state index contributed by atoms with van der Waals surface area (Å²) >= 11 is 0. The zero-order chi connectivity index (χ0) is 14.2. The molecule has 106 valence electrons. The number of amidine groups is 1. The number of hydrogen-bond acceptors (Lipinski definition) is 6. The average Bonchev–Trinajstić information content (AvgIpc) is 2.35. The van der Waals surface area contributed by atoms with Crippen LogP contribution in [0.3, 0.4) is 0 Å². The second-order valence-corrected chi connectivity index (χ2v) is 4.10. The normalized spacial score (nSPS) is 12.2. The van der Waals surface area contributed by atoms with Crippen LogP contribution in [0.25, 0.3) is 0 Å². The van der Waals surface area contributed by atoms with Crippen LogP contribution < -0.4 is 10.4 Å². The zero-order valence-corrected chi connectivity index (χ0v) is 11.6. The molecule has 0 bridgehead atoms. The summed E-state index contributed by atoms with van der Waals surface area (Å²) in [6, 6.07) is -0.482. The van der Waals surface area contributed by atoms with Gasteiger partial charge in [-0.1, -0.05) is 5.16 Å². The average molecular weight is 260 g/mol. The molecule has 7 nitrogen and oxygen atoms in total. The fourth-order valence-corrected chi connectivity index (χ4v) is 0.996. The van der Waals surface area contributed by atoms with E-state index in [1.807, 2.05) is 13.8 Å². The lowest BCUT2D eigenvalue weighted by Gasteiger charge is -2.25. The largest absolute Gasteiger partial charge is 0.844 e. The molecule has 0 aromatic heterocycles. The molecule has 0 rings (SSSR count). The second kappa shape index (κ2) is 7.75. The lowest BCUT2D eigenvalue weighted by molar-refractivity contribution is -0.241. The monoisotopic (exact) mass is 260 g/mol. The number of carbonyl (C=O) groups excluding carboxylic acids is 1. The Morgan fingerprint density at radius 2 is 1.94 bits per heavy atom. The third-order valence-electron chi connectivity index (χ3n) is 2.55. The number of oxime groups is 1. The van der Waals surface area contributed by atoms with E-state index in [0.29, 0.717) is 13.1 Å². The molecule has 0 radical (unpaired) electrons. The molecule has 0 aliphatic rings. The number of carbonyl (C=O) groups is 1. The van der Waals surface area contributed by atoms with Gasteiger partial charge < -0.3 is 24.9 Å². The first-order valence-corrected chi connectivity index (χ1v) is 5.87. The van der Waals surface area contributed by atoms with Gasteiger partial charge in [-0.05, 0) is 34.7 Å². The van der Waals surface area contributed by atoms with E-state index < -0.39 is 17.5 Å². The van der Waals surface area contributed by atoms with Crippen LogP contribution in [0.1, 0.15) is 27.7 Å². The SMILES string of the molecule is CCN(CC)/C([O-])=N/OCOC(=O)C(C)(C)NC. The van der Waals surface area contributed by atoms with E-state index in [1.165, 1.54) is 4.90 Å². The predicted octanol–water partition coefficient (Wildman–Crippen LogP) is -0.525. The Labute approximate surface area is 108 Å². The Bertz CT molecular complexity index is 288. The van der Waals surface area contributed by atoms with Crippen LogP contribution in [0.4, 0.5) is 0 Å². The highest BCUT2D eigenvalue weighted by molar-refractivity contribution is 5.79. The van der Waals surface area contributed by atoms with Crippen molar-refractivity contribution in [1.29, 1.82) is 0 Å². The number of nitrogens with one attached hydrogen (secondary N) is 1. The number of esters is 1. The third kappa shape index (κ3) is 5.22. The highest BCUT2D eigenvalue weighted by Gasteiger charge is 2.26. The Morgan fingerprint density at radius 3 is 2.39 bits per heavy atom. The van der Waals surface area contributed by atoms with E-state index >= 15 is 0 Å². The number of likely N-dealkylation sites (N-methyl/N-ethyl adjacent to an activating group) is 1. The van der Waals surface area contributed by atoms with Crippen molar-refractivity contribution in [1.82, 2.24) is 10.2 Å². The Kier molecular flexibility index (Phi) is 7.11. The van der Waals surface area contributed by atoms with Gasteiger partial charge in [-0.3, -0.25) is 0 Å². The minimum absolute atomic E-state index is 0.378. The van der Waals surface area contributed by atoms with Crippen molar-refractivity contribution >= 4 is 12.0 Å². The number of hydrogen-bond donors (Lipinski definition) is 1. The molecule has 0 aromatic rings. The van der Waals surface area contributed by atoms with Crippen LogP contribution in [0.2, 0.25) is 0 Å². The van der Waals surface area contributed by atoms with E-state index in [-0.39, 0.29) is 6.79 Å². The maximum atomic E-state index is 11.5. The van der Waals surface area contributed by atoms with Gasteiger partial charge in [0, 0.05) is 13.1 Å². The first-order chi connectivity index (χ1) is 8.38. The second-order valence-electron chi connectivity index (χ2n) is 4.10. The van der Waals surface area contributed by atoms with Crippen molar-refractivity contribution in [3.63, 3.8) is 0 Å². The fraction of sp³-hybridized carbons (Fsp3) is 0.818. The predicted molar refractivity (Wildman–Crippen MR) is 65.5 cm³/mol. The molecule has 0 atom stereocenters. The molecule has 0 heterocycles. The highest BCUT2D eigenvalue weighted by atomic mass is 16.8. The van der Waals surface area contributed by atoms with Crippen LogP contribution in [0.15, 0.2) is 5.16 Å². The summed E-state index contributed by atoms with van der Waals surface area (Å²) in [5.74, 6) is -0.476. The van der Waals surface area contributed by atoms with Gasteiger partial charge in [-0.2, -0.15) is 0 Å². The van der Waals surface area contributed by atoms with Crippen LogP contribution in [-0.2, 0) is 14.4 Å². The van der Waals surface area contributed by atoms with Gasteiger partial charge >= 0.3 is 5.97 Å². The maximum Gasteiger partial charge on any atom is 0.328 e. The number of nitrogens with zero attached hydrogens (tertiary/aromatic N) is 2. The Balaban J connectivity index is 4.06. The molecule has 0 aromatic carbocycles. The molecule has 0 aliphatic carbocycles. The molecule has 0 amide bonds. The minimum atomic E-state index is -0.799. The summed E-state index contributed by atoms with van der Waals surface area (Å²) in [4.78, 5) is 17.6. The van der Waals surface area contributed by atoms with E-state index in [0.717, 1.165) is 0 Å². The van der Waals surface area contributed by atoms with Crippen molar-refractivity contribution in [2.24, 2.45) is 5.16 Å². The van der Waals surface area contributed by atoms with Crippen molar-refractivity contribution in [2.75, 3.05) is 26.9 Å². The van der Waals surface area contributed by atoms with Gasteiger partial charge in [0.25, 0.3) is 6.79 Å². The number of ether oxygens (including phenoxy) is 1. The van der Waals surface area contributed by atoms with Crippen LogP contribution in [0, 0.1) is 0 Å². The van der Waals surface area contributed by atoms with Crippen molar-refractivity contribution in [3.8, 4) is 0 Å². The first kappa shape index (κ1) is 16.5. The molecule has 7 heteroatoms. The van der Waals surface area contributed by atoms with Gasteiger partial charge in [0.05, 0.1) is 6.02 Å². The molecule has 0 saturated carbocycles. The maximum absolute atomic E-state index is 11.5. The number of rotatable bonds is 7. The lowest BCUT2D eigenvalue weighted by Crippen LogP contribution is -2.45. The molecule has 1 N–H and O–H groups in total. The van der Waals surface area contributed by atoms with E-state index in [2.05, 4.69) is 15.3 Å². The molecule has 0 aliphatic heterocycles. The molecule has 0 fully saturated rings. The Hall–Kier alpha value is -1.50. The first-order valence-electron chi connectivity index (χ1n) is 5.87. The summed E-state index contributed by atoms with van der Waals surface area (Å²) in [7, 11) is 1.65. The van der Waals surface area contributed by atoms with Crippen molar-refractivity contribution < 1.29 is 19.5 Å². The van der Waals surface area contributed by atoms with Gasteiger partial charge in [0.15, 0.2) is 0 Å². The molecule has 0 unspecified atom stereocenters. The van der Waals surface area contributed by atoms with Gasteiger partial charge in [0.1, 0.15) is 5.54 Å². The standard InChI is InChI=1S/C11H23N3O4/c1-6-14(7-2)10(16)13-18-8-17-9(15)11(3,4)12-5/h12H,6-8H2,1-5H3,(H,13,16)/p-1. The smallest absolute Gasteiger partial charge is 0.328 e. The van der Waals surface area contributed by atoms with Gasteiger partial charge in [-0.15, -0.1) is 0 Å². The summed E-state index contributed by atoms with van der Waals surface area (Å²) in [5.41, 5.74) is -0.799. The van der Waals surface area contributed by atoms with Crippen LogP contribution >= 0.6 is 0 Å². The van der Waals surface area contributed by atoms with E-state index in [1.54, 1.807) is 20.9 Å². The summed E-state index contributed by atoms with van der Waals surface area (Å²) in [6.07, 6.45) is 0. The molecule has 18 heavy (non-hydrogen) atoms. The molecular weight excluding hydrogens is 238 g/mol. The van der Waals surface area contributed by atoms with E-state index in [9.17, 15) is 9.90 Å². The van der Waals surface area contributed by atoms with E-state index in [4.69, 9.17) is 4.74 Å². The summed E-state index contributed by atoms with van der Waals surface area (Å²) in [5, 5.41) is 17.5. The minimum Gasteiger partial charge on any atom is -0.844 e. The molecular formula is C11H22N3O4-. The summed E-state index contributed by atoms with van der Waals surface area (Å²) in [6.45, 7) is 7.75. The quantitative estimate of drug-likeness (QED) is 0.165. The van der Waals surface area contributed by atoms with Gasteiger partial charge in [-0.25, -0.2) is 4.79 Å². The van der Waals surface area contributed by atoms with Gasteiger partial charge in [0.2, 0.25) is 0 Å². The highest BCUT2D eigenvalue weighted by Crippen LogP contribution is 2.03. The van der Waals surface area contributed by atoms with Crippen molar-refractivity contribution in [2.45, 2.75) is 33.2 Å². The molecule has 0 spiro atoms. The fourth-order valence-electron chi connectivity index (χ4n) is 0.996. The zero-order valence-electron chi connectivity index (χ0n) is 11.6. The van der Waals surface area contributed by atoms with Crippen LogP contribution in [0.5, 0.6) is 0 Å². The van der Waals surface area contributed by atoms with Crippen LogP contribution in [-0.4, -0.2) is 49.4 Å². The van der Waals surface area contributed by atoms with Crippen molar-refractivity contribution in [3.05, 3.63) is 0 Å². The Morgan fingerprint density at radius 1 is 1.39 bits per heavy atom.